The van der Waals surface area contributed by atoms with Gasteiger partial charge in [-0.25, -0.2) is 4.79 Å². The van der Waals surface area contributed by atoms with E-state index in [0.29, 0.717) is 5.56 Å². The van der Waals surface area contributed by atoms with Gasteiger partial charge in [-0.3, -0.25) is 0 Å². The summed E-state index contributed by atoms with van der Waals surface area (Å²) >= 11 is 0. The maximum Gasteiger partial charge on any atom is 0.337 e. The summed E-state index contributed by atoms with van der Waals surface area (Å²) in [5, 5.41) is 3.35. The molecule has 19 heavy (non-hydrogen) atoms. The molecule has 1 rings (SSSR count). The van der Waals surface area contributed by atoms with E-state index in [9.17, 15) is 4.79 Å². The van der Waals surface area contributed by atoms with Gasteiger partial charge in [0.25, 0.3) is 0 Å². The Morgan fingerprint density at radius 3 is 2.37 bits per heavy atom. The molecule has 0 unspecified atom stereocenters. The smallest absolute Gasteiger partial charge is 0.337 e. The van der Waals surface area contributed by atoms with Crippen molar-refractivity contribution < 1.29 is 9.53 Å². The van der Waals surface area contributed by atoms with E-state index in [1.54, 1.807) is 12.1 Å². The van der Waals surface area contributed by atoms with Crippen molar-refractivity contribution in [3.05, 3.63) is 29.8 Å². The fraction of sp³-hybridized carbons (Fsp3) is 0.533. The zero-order chi connectivity index (χ0) is 14.1. The second kappa shape index (κ2) is 8.53. The molecule has 1 N–H and O–H groups in total. The number of methoxy groups -OCH3 is 1. The van der Waals surface area contributed by atoms with Crippen LogP contribution < -0.4 is 5.32 Å². The highest BCUT2D eigenvalue weighted by Crippen LogP contribution is 2.10. The van der Waals surface area contributed by atoms with Gasteiger partial charge in [0.05, 0.1) is 12.7 Å². The van der Waals surface area contributed by atoms with Gasteiger partial charge in [-0.15, -0.1) is 0 Å². The summed E-state index contributed by atoms with van der Waals surface area (Å²) in [6.07, 6.45) is 1.11. The van der Waals surface area contributed by atoms with Gasteiger partial charge in [0.2, 0.25) is 0 Å². The number of nitrogens with one attached hydrogen (secondary N) is 1. The molecule has 0 bridgehead atoms. The summed E-state index contributed by atoms with van der Waals surface area (Å²) in [6.45, 7) is 8.62. The summed E-state index contributed by atoms with van der Waals surface area (Å²) < 4.78 is 4.66. The molecule has 0 heterocycles. The summed E-state index contributed by atoms with van der Waals surface area (Å²) in [6, 6.07) is 7.37. The molecule has 0 aliphatic rings. The minimum absolute atomic E-state index is 0.298. The topological polar surface area (TPSA) is 41.6 Å². The third-order valence-electron chi connectivity index (χ3n) is 3.18. The maximum atomic E-state index is 11.3. The highest BCUT2D eigenvalue weighted by molar-refractivity contribution is 5.89. The second-order valence-electron chi connectivity index (χ2n) is 4.38. The highest BCUT2D eigenvalue weighted by Gasteiger charge is 2.04. The number of ether oxygens (including phenoxy) is 1. The van der Waals surface area contributed by atoms with Crippen LogP contribution in [0.2, 0.25) is 0 Å². The van der Waals surface area contributed by atoms with Crippen LogP contribution in [0.5, 0.6) is 0 Å². The monoisotopic (exact) mass is 264 g/mol. The standard InChI is InChI=1S/C15H24N2O2/c1-4-17(5-2)12-6-11-16-14-9-7-13(8-10-14)15(18)19-3/h7-10,16H,4-6,11-12H2,1-3H3. The molecule has 0 aliphatic carbocycles. The molecule has 106 valence electrons. The SMILES string of the molecule is CCN(CC)CCCNc1ccc(C(=O)OC)cc1. The number of nitrogens with zero attached hydrogens (tertiary/aromatic N) is 1. The van der Waals surface area contributed by atoms with E-state index < -0.39 is 0 Å². The van der Waals surface area contributed by atoms with Gasteiger partial charge in [0.1, 0.15) is 0 Å². The van der Waals surface area contributed by atoms with Crippen LogP contribution in [-0.4, -0.2) is 44.2 Å². The number of carbonyl (C=O) groups is 1. The van der Waals surface area contributed by atoms with Gasteiger partial charge in [0.15, 0.2) is 0 Å². The van der Waals surface area contributed by atoms with Crippen LogP contribution in [0, 0.1) is 0 Å². The zero-order valence-corrected chi connectivity index (χ0v) is 12.1. The van der Waals surface area contributed by atoms with Crippen LogP contribution in [-0.2, 0) is 4.74 Å². The Morgan fingerprint density at radius 1 is 1.21 bits per heavy atom. The third kappa shape index (κ3) is 5.30. The molecule has 0 atom stereocenters. The highest BCUT2D eigenvalue weighted by atomic mass is 16.5. The molecular weight excluding hydrogens is 240 g/mol. The molecule has 4 nitrogen and oxygen atoms in total. The number of anilines is 1. The molecule has 0 radical (unpaired) electrons. The Hall–Kier alpha value is -1.55. The lowest BCUT2D eigenvalue weighted by Gasteiger charge is -2.17. The van der Waals surface area contributed by atoms with E-state index in [2.05, 4.69) is 28.8 Å². The summed E-state index contributed by atoms with van der Waals surface area (Å²) in [5.41, 5.74) is 1.61. The van der Waals surface area contributed by atoms with E-state index in [4.69, 9.17) is 0 Å². The van der Waals surface area contributed by atoms with Gasteiger partial charge < -0.3 is 15.0 Å². The minimum Gasteiger partial charge on any atom is -0.465 e. The maximum absolute atomic E-state index is 11.3. The first-order valence-corrected chi connectivity index (χ1v) is 6.85. The van der Waals surface area contributed by atoms with E-state index in [0.717, 1.165) is 38.3 Å². The first-order valence-electron chi connectivity index (χ1n) is 6.85. The first kappa shape index (κ1) is 15.5. The third-order valence-corrected chi connectivity index (χ3v) is 3.18. The van der Waals surface area contributed by atoms with Gasteiger partial charge in [0, 0.05) is 12.2 Å². The van der Waals surface area contributed by atoms with Crippen molar-refractivity contribution >= 4 is 11.7 Å². The van der Waals surface area contributed by atoms with Crippen molar-refractivity contribution in [2.24, 2.45) is 0 Å². The molecule has 0 aliphatic heterocycles. The fourth-order valence-corrected chi connectivity index (χ4v) is 1.92. The quantitative estimate of drug-likeness (QED) is 0.579. The first-order chi connectivity index (χ1) is 9.21. The Balaban J connectivity index is 2.32. The van der Waals surface area contributed by atoms with Crippen LogP contribution in [0.15, 0.2) is 24.3 Å². The molecule has 1 aromatic carbocycles. The van der Waals surface area contributed by atoms with E-state index in [1.165, 1.54) is 7.11 Å². The lowest BCUT2D eigenvalue weighted by molar-refractivity contribution is 0.0601. The molecule has 0 amide bonds. The van der Waals surface area contributed by atoms with Crippen LogP contribution in [0.3, 0.4) is 0 Å². The molecular formula is C15H24N2O2. The largest absolute Gasteiger partial charge is 0.465 e. The number of esters is 1. The number of carbonyl (C=O) groups excluding carboxylic acids is 1. The van der Waals surface area contributed by atoms with Gasteiger partial charge in [-0.2, -0.15) is 0 Å². The molecule has 0 aromatic heterocycles. The molecule has 0 spiro atoms. The number of hydrogen-bond acceptors (Lipinski definition) is 4. The van der Waals surface area contributed by atoms with Gasteiger partial charge in [-0.05, 0) is 50.3 Å². The summed E-state index contributed by atoms with van der Waals surface area (Å²) in [5.74, 6) is -0.298. The van der Waals surface area contributed by atoms with E-state index >= 15 is 0 Å². The fourth-order valence-electron chi connectivity index (χ4n) is 1.92. The molecule has 1 aromatic rings. The van der Waals surface area contributed by atoms with Crippen LogP contribution in [0.4, 0.5) is 5.69 Å². The predicted molar refractivity (Wildman–Crippen MR) is 78.7 cm³/mol. The lowest BCUT2D eigenvalue weighted by atomic mass is 10.2. The van der Waals surface area contributed by atoms with Gasteiger partial charge >= 0.3 is 5.97 Å². The van der Waals surface area contributed by atoms with Crippen molar-refractivity contribution in [1.82, 2.24) is 4.90 Å². The van der Waals surface area contributed by atoms with Crippen LogP contribution in [0.25, 0.3) is 0 Å². The van der Waals surface area contributed by atoms with Crippen molar-refractivity contribution in [3.8, 4) is 0 Å². The number of rotatable bonds is 8. The van der Waals surface area contributed by atoms with Crippen LogP contribution in [0.1, 0.15) is 30.6 Å². The summed E-state index contributed by atoms with van der Waals surface area (Å²) in [4.78, 5) is 13.7. The minimum atomic E-state index is -0.298. The zero-order valence-electron chi connectivity index (χ0n) is 12.1. The van der Waals surface area contributed by atoms with E-state index in [-0.39, 0.29) is 5.97 Å². The molecule has 0 fully saturated rings. The molecule has 4 heteroatoms. The van der Waals surface area contributed by atoms with Crippen LogP contribution >= 0.6 is 0 Å². The lowest BCUT2D eigenvalue weighted by Crippen LogP contribution is -2.25. The average Bonchev–Trinajstić information content (AvgIpc) is 2.47. The average molecular weight is 264 g/mol. The Labute approximate surface area is 115 Å². The van der Waals surface area contributed by atoms with E-state index in [1.807, 2.05) is 12.1 Å². The normalized spacial score (nSPS) is 10.5. The second-order valence-corrected chi connectivity index (χ2v) is 4.38. The molecule has 0 saturated carbocycles. The van der Waals surface area contributed by atoms with Crippen molar-refractivity contribution in [2.75, 3.05) is 38.6 Å². The van der Waals surface area contributed by atoms with Crippen molar-refractivity contribution in [2.45, 2.75) is 20.3 Å². The number of hydrogen-bond donors (Lipinski definition) is 1. The molecule has 0 saturated heterocycles. The predicted octanol–water partition coefficient (Wildman–Crippen LogP) is 2.62. The Morgan fingerprint density at radius 2 is 1.84 bits per heavy atom. The summed E-state index contributed by atoms with van der Waals surface area (Å²) in [7, 11) is 1.39. The van der Waals surface area contributed by atoms with Crippen molar-refractivity contribution in [3.63, 3.8) is 0 Å². The van der Waals surface area contributed by atoms with Crippen molar-refractivity contribution in [1.29, 1.82) is 0 Å². The van der Waals surface area contributed by atoms with Gasteiger partial charge in [-0.1, -0.05) is 13.8 Å². The number of benzene rings is 1. The Bertz CT molecular complexity index is 372. The Kier molecular flexibility index (Phi) is 6.97.